The Morgan fingerprint density at radius 3 is 2.76 bits per heavy atom. The van der Waals surface area contributed by atoms with Crippen LogP contribution in [0.5, 0.6) is 0 Å². The lowest BCUT2D eigenvalue weighted by Gasteiger charge is -2.40. The Morgan fingerprint density at radius 2 is 1.91 bits per heavy atom. The standard InChI is InChI=1S/C27H29N5O2/c33-27-21-10-5-11-22-24(21)26(29-31-30-27)23(19-7-2-1-3-8-19)25(28-22)20-9-4-6-18(16-20)17-32-12-14-34-15-13-32/h1-8,10-11,16,20,23,25,28,31H,9,12-15,17H2,(H,30,33). The van der Waals surface area contributed by atoms with Gasteiger partial charge >= 0.3 is 0 Å². The maximum absolute atomic E-state index is 12.7. The zero-order chi connectivity index (χ0) is 22.9. The third-order valence-corrected chi connectivity index (χ3v) is 7.19. The average Bonchev–Trinajstić information content (AvgIpc) is 3.05. The van der Waals surface area contributed by atoms with Gasteiger partial charge in [-0.2, -0.15) is 5.10 Å². The molecule has 174 valence electrons. The Morgan fingerprint density at radius 1 is 1.06 bits per heavy atom. The van der Waals surface area contributed by atoms with Gasteiger partial charge in [-0.05, 0) is 29.7 Å². The monoisotopic (exact) mass is 455 g/mol. The molecule has 4 aliphatic rings. The molecule has 34 heavy (non-hydrogen) atoms. The lowest BCUT2D eigenvalue weighted by atomic mass is 9.72. The van der Waals surface area contributed by atoms with Gasteiger partial charge in [-0.1, -0.05) is 54.6 Å². The number of carbonyl (C=O) groups is 1. The third-order valence-electron chi connectivity index (χ3n) is 7.19. The number of anilines is 1. The molecule has 1 fully saturated rings. The molecule has 7 nitrogen and oxygen atoms in total. The van der Waals surface area contributed by atoms with Gasteiger partial charge in [-0.15, -0.1) is 0 Å². The van der Waals surface area contributed by atoms with Gasteiger partial charge in [0.05, 0.1) is 24.5 Å². The maximum Gasteiger partial charge on any atom is 0.271 e. The molecule has 6 rings (SSSR count). The minimum Gasteiger partial charge on any atom is -0.380 e. The molecule has 3 unspecified atom stereocenters. The molecule has 7 heteroatoms. The minimum absolute atomic E-state index is 0.00700. The van der Waals surface area contributed by atoms with E-state index in [9.17, 15) is 4.79 Å². The van der Waals surface area contributed by atoms with Crippen molar-refractivity contribution in [2.75, 3.05) is 38.2 Å². The number of rotatable bonds is 4. The van der Waals surface area contributed by atoms with Crippen molar-refractivity contribution in [3.05, 3.63) is 89.0 Å². The van der Waals surface area contributed by atoms with E-state index < -0.39 is 0 Å². The van der Waals surface area contributed by atoms with E-state index in [1.54, 1.807) is 0 Å². The summed E-state index contributed by atoms with van der Waals surface area (Å²) in [5.41, 5.74) is 11.4. The Kier molecular flexibility index (Phi) is 5.65. The van der Waals surface area contributed by atoms with E-state index in [0.29, 0.717) is 5.56 Å². The number of hydrogen-bond acceptors (Lipinski definition) is 6. The van der Waals surface area contributed by atoms with Crippen LogP contribution in [0.15, 0.2) is 77.4 Å². The molecular weight excluding hydrogens is 426 g/mol. The number of hydrogen-bond donors (Lipinski definition) is 3. The summed E-state index contributed by atoms with van der Waals surface area (Å²) in [4.78, 5) is 15.2. The number of benzene rings is 2. The van der Waals surface area contributed by atoms with Crippen LogP contribution in [0, 0.1) is 5.92 Å². The van der Waals surface area contributed by atoms with Gasteiger partial charge < -0.3 is 10.1 Å². The van der Waals surface area contributed by atoms with Crippen LogP contribution in [0.1, 0.15) is 33.8 Å². The lowest BCUT2D eigenvalue weighted by Crippen LogP contribution is -2.44. The molecule has 0 saturated carbocycles. The molecule has 0 spiro atoms. The highest BCUT2D eigenvalue weighted by Gasteiger charge is 2.41. The van der Waals surface area contributed by atoms with Gasteiger partial charge in [0.2, 0.25) is 0 Å². The minimum atomic E-state index is -0.170. The predicted molar refractivity (Wildman–Crippen MR) is 133 cm³/mol. The Labute approximate surface area is 199 Å². The lowest BCUT2D eigenvalue weighted by molar-refractivity contribution is 0.0425. The Hall–Kier alpha value is -3.42. The second-order valence-corrected chi connectivity index (χ2v) is 9.28. The molecule has 1 aliphatic carbocycles. The molecular formula is C27H29N5O2. The van der Waals surface area contributed by atoms with E-state index in [0.717, 1.165) is 56.2 Å². The fourth-order valence-electron chi connectivity index (χ4n) is 5.59. The van der Waals surface area contributed by atoms with Crippen molar-refractivity contribution in [2.45, 2.75) is 18.4 Å². The molecule has 3 N–H and O–H groups in total. The van der Waals surface area contributed by atoms with Crippen molar-refractivity contribution >= 4 is 17.3 Å². The second-order valence-electron chi connectivity index (χ2n) is 9.28. The van der Waals surface area contributed by atoms with E-state index in [1.165, 1.54) is 11.1 Å². The van der Waals surface area contributed by atoms with Crippen molar-refractivity contribution < 1.29 is 9.53 Å². The van der Waals surface area contributed by atoms with E-state index in [2.05, 4.69) is 69.7 Å². The highest BCUT2D eigenvalue weighted by Crippen LogP contribution is 2.42. The fraction of sp³-hybridized carbons (Fsp3) is 0.333. The molecule has 0 radical (unpaired) electrons. The molecule has 3 atom stereocenters. The Balaban J connectivity index is 1.40. The Bertz CT molecular complexity index is 1170. The molecule has 3 heterocycles. The van der Waals surface area contributed by atoms with Gasteiger partial charge in [0.1, 0.15) is 0 Å². The van der Waals surface area contributed by atoms with Crippen LogP contribution in [0.2, 0.25) is 0 Å². The summed E-state index contributed by atoms with van der Waals surface area (Å²) in [6.45, 7) is 4.51. The summed E-state index contributed by atoms with van der Waals surface area (Å²) in [6, 6.07) is 16.5. The van der Waals surface area contributed by atoms with Crippen molar-refractivity contribution in [3.8, 4) is 0 Å². The number of hydrazone groups is 1. The zero-order valence-corrected chi connectivity index (χ0v) is 19.0. The first-order valence-corrected chi connectivity index (χ1v) is 12.0. The fourth-order valence-corrected chi connectivity index (χ4v) is 5.59. The predicted octanol–water partition coefficient (Wildman–Crippen LogP) is 3.05. The van der Waals surface area contributed by atoms with Gasteiger partial charge in [-0.25, -0.2) is 11.0 Å². The number of amides is 1. The van der Waals surface area contributed by atoms with Crippen LogP contribution in [-0.4, -0.2) is 55.4 Å². The van der Waals surface area contributed by atoms with Crippen molar-refractivity contribution in [1.82, 2.24) is 15.9 Å². The van der Waals surface area contributed by atoms with Crippen LogP contribution >= 0.6 is 0 Å². The molecule has 2 aromatic carbocycles. The smallest absolute Gasteiger partial charge is 0.271 e. The van der Waals surface area contributed by atoms with Crippen LogP contribution in [0.4, 0.5) is 5.69 Å². The van der Waals surface area contributed by atoms with E-state index in [1.807, 2.05) is 18.2 Å². The number of nitrogens with one attached hydrogen (secondary N) is 3. The highest BCUT2D eigenvalue weighted by atomic mass is 16.5. The van der Waals surface area contributed by atoms with Gasteiger partial charge in [0.25, 0.3) is 5.91 Å². The third kappa shape index (κ3) is 3.91. The molecule has 3 aliphatic heterocycles. The maximum atomic E-state index is 12.7. The van der Waals surface area contributed by atoms with Crippen LogP contribution in [0.3, 0.4) is 0 Å². The SMILES string of the molecule is O=C1NNN=C2c3c(cccc31)NC(C1C=C(CN3CCOCC3)C=CC1)C2c1ccccc1. The first-order chi connectivity index (χ1) is 16.8. The van der Waals surface area contributed by atoms with E-state index in [4.69, 9.17) is 9.84 Å². The molecule has 0 bridgehead atoms. The number of morpholine rings is 1. The van der Waals surface area contributed by atoms with Crippen LogP contribution in [-0.2, 0) is 4.74 Å². The molecule has 0 aromatic heterocycles. The van der Waals surface area contributed by atoms with Crippen molar-refractivity contribution in [2.24, 2.45) is 11.0 Å². The quantitative estimate of drug-likeness (QED) is 0.661. The topological polar surface area (TPSA) is 78.0 Å². The summed E-state index contributed by atoms with van der Waals surface area (Å²) < 4.78 is 5.52. The summed E-state index contributed by atoms with van der Waals surface area (Å²) in [6.07, 6.45) is 7.96. The molecule has 1 amide bonds. The van der Waals surface area contributed by atoms with Crippen molar-refractivity contribution in [1.29, 1.82) is 0 Å². The number of allylic oxidation sites excluding steroid dienone is 1. The van der Waals surface area contributed by atoms with Crippen LogP contribution < -0.4 is 16.3 Å². The summed E-state index contributed by atoms with van der Waals surface area (Å²) in [7, 11) is 0. The summed E-state index contributed by atoms with van der Waals surface area (Å²) in [5, 5.41) is 8.52. The largest absolute Gasteiger partial charge is 0.380 e. The number of carbonyl (C=O) groups excluding carboxylic acids is 1. The van der Waals surface area contributed by atoms with Gasteiger partial charge in [0, 0.05) is 48.8 Å². The van der Waals surface area contributed by atoms with Crippen molar-refractivity contribution in [3.63, 3.8) is 0 Å². The number of hydrazine groups is 1. The summed E-state index contributed by atoms with van der Waals surface area (Å²) in [5.74, 6) is 0.112. The molecule has 2 aromatic rings. The van der Waals surface area contributed by atoms with Gasteiger partial charge in [-0.3, -0.25) is 9.69 Å². The normalized spacial score (nSPS) is 26.2. The van der Waals surface area contributed by atoms with Gasteiger partial charge in [0.15, 0.2) is 0 Å². The first-order valence-electron chi connectivity index (χ1n) is 12.0. The van der Waals surface area contributed by atoms with Crippen LogP contribution in [0.25, 0.3) is 0 Å². The number of ether oxygens (including phenoxy) is 1. The first kappa shape index (κ1) is 21.1. The summed E-state index contributed by atoms with van der Waals surface area (Å²) >= 11 is 0. The molecule has 1 saturated heterocycles. The highest BCUT2D eigenvalue weighted by molar-refractivity contribution is 6.18. The van der Waals surface area contributed by atoms with E-state index >= 15 is 0 Å². The second kappa shape index (κ2) is 9.08. The zero-order valence-electron chi connectivity index (χ0n) is 19.0. The van der Waals surface area contributed by atoms with E-state index in [-0.39, 0.29) is 23.8 Å². The number of nitrogens with zero attached hydrogens (tertiary/aromatic N) is 2. The average molecular weight is 456 g/mol.